The molecular weight excluding hydrogens is 298 g/mol. The van der Waals surface area contributed by atoms with Crippen LogP contribution in [-0.2, 0) is 11.3 Å². The molecule has 5 nitrogen and oxygen atoms in total. The molecule has 1 aromatic carbocycles. The summed E-state index contributed by atoms with van der Waals surface area (Å²) in [6.45, 7) is 6.36. The molecule has 2 aromatic rings. The molecule has 22 heavy (non-hydrogen) atoms. The molecule has 1 heterocycles. The Labute approximate surface area is 134 Å². The zero-order chi connectivity index (χ0) is 16.1. The molecule has 0 fully saturated rings. The van der Waals surface area contributed by atoms with Gasteiger partial charge in [-0.05, 0) is 38.5 Å². The zero-order valence-corrected chi connectivity index (χ0v) is 14.1. The Morgan fingerprint density at radius 3 is 2.82 bits per heavy atom. The molecule has 2 N–H and O–H groups in total. The lowest BCUT2D eigenvalue weighted by atomic mass is 10.1. The predicted octanol–water partition coefficient (Wildman–Crippen LogP) is 3.79. The highest BCUT2D eigenvalue weighted by Gasteiger charge is 2.08. The zero-order valence-electron chi connectivity index (χ0n) is 13.3. The molecule has 118 valence electrons. The SMILES string of the molecule is COC(C)c1cccc(NC(=O)NCc2sc(C)nc2C)c1. The highest BCUT2D eigenvalue weighted by Crippen LogP contribution is 2.20. The van der Waals surface area contributed by atoms with Gasteiger partial charge in [0, 0.05) is 17.7 Å². The number of carbonyl (C=O) groups excluding carboxylic acids is 1. The fourth-order valence-electron chi connectivity index (χ4n) is 2.08. The van der Waals surface area contributed by atoms with E-state index in [1.165, 1.54) is 0 Å². The van der Waals surface area contributed by atoms with E-state index in [4.69, 9.17) is 4.74 Å². The van der Waals surface area contributed by atoms with Gasteiger partial charge in [0.2, 0.25) is 0 Å². The predicted molar refractivity (Wildman–Crippen MR) is 89.3 cm³/mol. The second-order valence-electron chi connectivity index (χ2n) is 5.05. The molecule has 0 bridgehead atoms. The quantitative estimate of drug-likeness (QED) is 0.881. The van der Waals surface area contributed by atoms with Gasteiger partial charge in [-0.25, -0.2) is 9.78 Å². The van der Waals surface area contributed by atoms with Gasteiger partial charge >= 0.3 is 6.03 Å². The van der Waals surface area contributed by atoms with Crippen molar-refractivity contribution in [2.45, 2.75) is 33.4 Å². The molecule has 1 aromatic heterocycles. The van der Waals surface area contributed by atoms with Crippen molar-refractivity contribution in [3.63, 3.8) is 0 Å². The minimum atomic E-state index is -0.229. The fraction of sp³-hybridized carbons (Fsp3) is 0.375. The number of hydrogen-bond acceptors (Lipinski definition) is 4. The molecule has 0 saturated carbocycles. The molecule has 0 saturated heterocycles. The van der Waals surface area contributed by atoms with E-state index in [1.807, 2.05) is 45.0 Å². The van der Waals surface area contributed by atoms with Crippen molar-refractivity contribution >= 4 is 23.1 Å². The number of benzene rings is 1. The Hall–Kier alpha value is -1.92. The van der Waals surface area contributed by atoms with Gasteiger partial charge in [-0.1, -0.05) is 12.1 Å². The maximum absolute atomic E-state index is 12.0. The molecule has 0 aliphatic rings. The molecule has 6 heteroatoms. The van der Waals surface area contributed by atoms with E-state index in [0.717, 1.165) is 26.8 Å². The van der Waals surface area contributed by atoms with E-state index < -0.39 is 0 Å². The van der Waals surface area contributed by atoms with Crippen LogP contribution < -0.4 is 10.6 Å². The maximum Gasteiger partial charge on any atom is 0.319 e. The second-order valence-corrected chi connectivity index (χ2v) is 6.34. The number of amides is 2. The number of anilines is 1. The van der Waals surface area contributed by atoms with Gasteiger partial charge in [0.1, 0.15) is 0 Å². The average Bonchev–Trinajstić information content (AvgIpc) is 2.82. The van der Waals surface area contributed by atoms with Gasteiger partial charge in [0.05, 0.1) is 23.4 Å². The van der Waals surface area contributed by atoms with Crippen molar-refractivity contribution in [3.8, 4) is 0 Å². The van der Waals surface area contributed by atoms with Crippen LogP contribution in [0.2, 0.25) is 0 Å². The summed E-state index contributed by atoms with van der Waals surface area (Å²) in [6.07, 6.45) is -0.00682. The summed E-state index contributed by atoms with van der Waals surface area (Å²) in [5.41, 5.74) is 2.74. The lowest BCUT2D eigenvalue weighted by molar-refractivity contribution is 0.119. The molecule has 0 spiro atoms. The van der Waals surface area contributed by atoms with Crippen LogP contribution >= 0.6 is 11.3 Å². The summed E-state index contributed by atoms with van der Waals surface area (Å²) < 4.78 is 5.28. The standard InChI is InChI=1S/C16H21N3O2S/c1-10-15(22-12(3)18-10)9-17-16(20)19-14-7-5-6-13(8-14)11(2)21-4/h5-8,11H,9H2,1-4H3,(H2,17,19,20). The van der Waals surface area contributed by atoms with Crippen LogP contribution in [0.3, 0.4) is 0 Å². The third-order valence-corrected chi connectivity index (χ3v) is 4.45. The first-order chi connectivity index (χ1) is 10.5. The molecule has 0 radical (unpaired) electrons. The Bertz CT molecular complexity index is 655. The highest BCUT2D eigenvalue weighted by atomic mass is 32.1. The van der Waals surface area contributed by atoms with Crippen LogP contribution in [-0.4, -0.2) is 18.1 Å². The van der Waals surface area contributed by atoms with Crippen molar-refractivity contribution in [3.05, 3.63) is 45.4 Å². The molecule has 0 aliphatic carbocycles. The first-order valence-electron chi connectivity index (χ1n) is 7.10. The Morgan fingerprint density at radius 2 is 2.18 bits per heavy atom. The van der Waals surface area contributed by atoms with Gasteiger partial charge in [-0.3, -0.25) is 0 Å². The van der Waals surface area contributed by atoms with Gasteiger partial charge in [-0.2, -0.15) is 0 Å². The van der Waals surface area contributed by atoms with E-state index in [0.29, 0.717) is 6.54 Å². The minimum absolute atomic E-state index is 0.00682. The summed E-state index contributed by atoms with van der Waals surface area (Å²) in [5, 5.41) is 6.70. The van der Waals surface area contributed by atoms with Crippen LogP contribution in [0, 0.1) is 13.8 Å². The normalized spacial score (nSPS) is 12.0. The summed E-state index contributed by atoms with van der Waals surface area (Å²) in [7, 11) is 1.66. The lowest BCUT2D eigenvalue weighted by Gasteiger charge is -2.12. The number of rotatable bonds is 5. The number of hydrogen-bond donors (Lipinski definition) is 2. The Kier molecular flexibility index (Phi) is 5.51. The van der Waals surface area contributed by atoms with Crippen LogP contribution in [0.4, 0.5) is 10.5 Å². The molecule has 1 atom stereocenters. The van der Waals surface area contributed by atoms with Crippen LogP contribution in [0.1, 0.15) is 34.2 Å². The summed E-state index contributed by atoms with van der Waals surface area (Å²) in [5.74, 6) is 0. The largest absolute Gasteiger partial charge is 0.377 e. The first kappa shape index (κ1) is 16.5. The minimum Gasteiger partial charge on any atom is -0.377 e. The number of carbonyl (C=O) groups is 1. The van der Waals surface area contributed by atoms with Gasteiger partial charge in [-0.15, -0.1) is 11.3 Å². The fourth-order valence-corrected chi connectivity index (χ4v) is 2.96. The third-order valence-electron chi connectivity index (χ3n) is 3.38. The van der Waals surface area contributed by atoms with Crippen molar-refractivity contribution < 1.29 is 9.53 Å². The van der Waals surface area contributed by atoms with E-state index in [1.54, 1.807) is 18.4 Å². The molecule has 1 unspecified atom stereocenters. The van der Waals surface area contributed by atoms with Crippen LogP contribution in [0.5, 0.6) is 0 Å². The summed E-state index contributed by atoms with van der Waals surface area (Å²) in [6, 6.07) is 7.41. The topological polar surface area (TPSA) is 63.2 Å². The van der Waals surface area contributed by atoms with E-state index in [2.05, 4.69) is 15.6 Å². The van der Waals surface area contributed by atoms with E-state index >= 15 is 0 Å². The first-order valence-corrected chi connectivity index (χ1v) is 7.91. The van der Waals surface area contributed by atoms with Crippen LogP contribution in [0.15, 0.2) is 24.3 Å². The average molecular weight is 319 g/mol. The Morgan fingerprint density at radius 1 is 1.41 bits per heavy atom. The monoisotopic (exact) mass is 319 g/mol. The van der Waals surface area contributed by atoms with E-state index in [-0.39, 0.29) is 12.1 Å². The molecule has 2 rings (SSSR count). The van der Waals surface area contributed by atoms with Crippen molar-refractivity contribution in [2.75, 3.05) is 12.4 Å². The van der Waals surface area contributed by atoms with Crippen molar-refractivity contribution in [2.24, 2.45) is 0 Å². The van der Waals surface area contributed by atoms with E-state index in [9.17, 15) is 4.79 Å². The van der Waals surface area contributed by atoms with Gasteiger partial charge < -0.3 is 15.4 Å². The van der Waals surface area contributed by atoms with Crippen molar-refractivity contribution in [1.29, 1.82) is 0 Å². The number of nitrogens with one attached hydrogen (secondary N) is 2. The number of ether oxygens (including phenoxy) is 1. The van der Waals surface area contributed by atoms with Crippen molar-refractivity contribution in [1.82, 2.24) is 10.3 Å². The number of urea groups is 1. The third kappa shape index (κ3) is 4.29. The Balaban J connectivity index is 1.93. The number of aryl methyl sites for hydroxylation is 2. The van der Waals surface area contributed by atoms with Crippen LogP contribution in [0.25, 0.3) is 0 Å². The van der Waals surface area contributed by atoms with Gasteiger partial charge in [0.15, 0.2) is 0 Å². The number of methoxy groups -OCH3 is 1. The second kappa shape index (κ2) is 7.38. The maximum atomic E-state index is 12.0. The number of thiazole rings is 1. The number of aromatic nitrogens is 1. The van der Waals surface area contributed by atoms with Gasteiger partial charge in [0.25, 0.3) is 0 Å². The number of nitrogens with zero attached hydrogens (tertiary/aromatic N) is 1. The molecular formula is C16H21N3O2S. The smallest absolute Gasteiger partial charge is 0.319 e. The summed E-state index contributed by atoms with van der Waals surface area (Å²) in [4.78, 5) is 17.4. The lowest BCUT2D eigenvalue weighted by Crippen LogP contribution is -2.28. The summed E-state index contributed by atoms with van der Waals surface area (Å²) >= 11 is 1.60. The molecule has 0 aliphatic heterocycles. The highest BCUT2D eigenvalue weighted by molar-refractivity contribution is 7.11. The molecule has 2 amide bonds.